The minimum Gasteiger partial charge on any atom is -0.325 e. The zero-order valence-electron chi connectivity index (χ0n) is 11.5. The van der Waals surface area contributed by atoms with E-state index >= 15 is 0 Å². The number of anilines is 1. The molecule has 1 N–H and O–H groups in total. The summed E-state index contributed by atoms with van der Waals surface area (Å²) >= 11 is 2.24. The first kappa shape index (κ1) is 15.0. The Morgan fingerprint density at radius 3 is 2.40 bits per heavy atom. The standard InChI is InChI=1S/C17H18INO/c1-2-8-14(13-9-4-3-5-10-13)17(20)19-16-12-7-6-11-15(16)18/h3-7,9-12,14H,2,8H2,1H3,(H,19,20). The molecule has 0 aromatic heterocycles. The predicted molar refractivity (Wildman–Crippen MR) is 91.9 cm³/mol. The van der Waals surface area contributed by atoms with Crippen LogP contribution in [0.1, 0.15) is 31.2 Å². The van der Waals surface area contributed by atoms with E-state index in [0.29, 0.717) is 0 Å². The van der Waals surface area contributed by atoms with Gasteiger partial charge in [-0.3, -0.25) is 4.79 Å². The van der Waals surface area contributed by atoms with Gasteiger partial charge in [0.1, 0.15) is 0 Å². The van der Waals surface area contributed by atoms with Crippen LogP contribution in [0.4, 0.5) is 5.69 Å². The Labute approximate surface area is 133 Å². The highest BCUT2D eigenvalue weighted by molar-refractivity contribution is 14.1. The van der Waals surface area contributed by atoms with Gasteiger partial charge in [-0.2, -0.15) is 0 Å². The normalized spacial score (nSPS) is 11.9. The average Bonchev–Trinajstić information content (AvgIpc) is 2.48. The van der Waals surface area contributed by atoms with E-state index in [1.165, 1.54) is 0 Å². The van der Waals surface area contributed by atoms with E-state index in [9.17, 15) is 4.79 Å². The van der Waals surface area contributed by atoms with Crippen LogP contribution in [0, 0.1) is 3.57 Å². The molecule has 0 aliphatic heterocycles. The molecule has 104 valence electrons. The van der Waals surface area contributed by atoms with E-state index in [4.69, 9.17) is 0 Å². The summed E-state index contributed by atoms with van der Waals surface area (Å²) in [6.07, 6.45) is 1.85. The Balaban J connectivity index is 2.18. The van der Waals surface area contributed by atoms with Crippen molar-refractivity contribution in [2.45, 2.75) is 25.7 Å². The van der Waals surface area contributed by atoms with Gasteiger partial charge in [0.15, 0.2) is 0 Å². The first-order valence-corrected chi connectivity index (χ1v) is 7.90. The van der Waals surface area contributed by atoms with Crippen LogP contribution in [0.2, 0.25) is 0 Å². The molecule has 0 fully saturated rings. The molecule has 20 heavy (non-hydrogen) atoms. The van der Waals surface area contributed by atoms with E-state index in [0.717, 1.165) is 27.7 Å². The van der Waals surface area contributed by atoms with Crippen molar-refractivity contribution in [2.24, 2.45) is 0 Å². The lowest BCUT2D eigenvalue weighted by molar-refractivity contribution is -0.117. The number of nitrogens with one attached hydrogen (secondary N) is 1. The minimum absolute atomic E-state index is 0.0715. The fraction of sp³-hybridized carbons (Fsp3) is 0.235. The molecule has 0 saturated heterocycles. The molecule has 0 radical (unpaired) electrons. The van der Waals surface area contributed by atoms with Crippen LogP contribution in [-0.4, -0.2) is 5.91 Å². The van der Waals surface area contributed by atoms with Crippen molar-refractivity contribution in [3.63, 3.8) is 0 Å². The van der Waals surface area contributed by atoms with Crippen LogP contribution in [-0.2, 0) is 4.79 Å². The molecule has 0 spiro atoms. The van der Waals surface area contributed by atoms with Gasteiger partial charge in [-0.15, -0.1) is 0 Å². The molecule has 0 aliphatic rings. The summed E-state index contributed by atoms with van der Waals surface area (Å²) in [6.45, 7) is 2.11. The van der Waals surface area contributed by atoms with Gasteiger partial charge in [0.05, 0.1) is 11.6 Å². The van der Waals surface area contributed by atoms with Crippen molar-refractivity contribution in [2.75, 3.05) is 5.32 Å². The molecule has 2 rings (SSSR count). The first-order chi connectivity index (χ1) is 9.72. The number of rotatable bonds is 5. The molecule has 0 aliphatic carbocycles. The molecule has 0 heterocycles. The molecule has 0 bridgehead atoms. The Kier molecular flexibility index (Phi) is 5.59. The van der Waals surface area contributed by atoms with Gasteiger partial charge in [0.25, 0.3) is 0 Å². The number of carbonyl (C=O) groups excluding carboxylic acids is 1. The zero-order valence-corrected chi connectivity index (χ0v) is 13.6. The average molecular weight is 379 g/mol. The first-order valence-electron chi connectivity index (χ1n) is 6.82. The van der Waals surface area contributed by atoms with Gasteiger partial charge in [-0.1, -0.05) is 55.8 Å². The molecule has 1 amide bonds. The third kappa shape index (κ3) is 3.82. The summed E-state index contributed by atoms with van der Waals surface area (Å²) in [5.74, 6) is -0.0145. The highest BCUT2D eigenvalue weighted by Gasteiger charge is 2.20. The van der Waals surface area contributed by atoms with Gasteiger partial charge in [0, 0.05) is 3.57 Å². The number of halogens is 1. The lowest BCUT2D eigenvalue weighted by Crippen LogP contribution is -2.21. The summed E-state index contributed by atoms with van der Waals surface area (Å²) in [5, 5.41) is 3.05. The number of hydrogen-bond acceptors (Lipinski definition) is 1. The number of carbonyl (C=O) groups is 1. The molecule has 2 aromatic carbocycles. The smallest absolute Gasteiger partial charge is 0.231 e. The quantitative estimate of drug-likeness (QED) is 0.742. The molecule has 1 unspecified atom stereocenters. The van der Waals surface area contributed by atoms with Crippen LogP contribution in [0.15, 0.2) is 54.6 Å². The monoisotopic (exact) mass is 379 g/mol. The highest BCUT2D eigenvalue weighted by atomic mass is 127. The Morgan fingerprint density at radius 1 is 1.10 bits per heavy atom. The lowest BCUT2D eigenvalue weighted by Gasteiger charge is -2.17. The third-order valence-corrected chi connectivity index (χ3v) is 4.17. The van der Waals surface area contributed by atoms with Crippen LogP contribution >= 0.6 is 22.6 Å². The number of hydrogen-bond donors (Lipinski definition) is 1. The molecule has 0 saturated carbocycles. The van der Waals surface area contributed by atoms with Gasteiger partial charge < -0.3 is 5.32 Å². The molecular formula is C17H18INO. The predicted octanol–water partition coefficient (Wildman–Crippen LogP) is 4.81. The van der Waals surface area contributed by atoms with Crippen molar-refractivity contribution in [3.05, 3.63) is 63.7 Å². The van der Waals surface area contributed by atoms with Gasteiger partial charge in [-0.25, -0.2) is 0 Å². The molecule has 3 heteroatoms. The van der Waals surface area contributed by atoms with Crippen molar-refractivity contribution in [1.82, 2.24) is 0 Å². The second-order valence-electron chi connectivity index (χ2n) is 4.72. The SMILES string of the molecule is CCCC(C(=O)Nc1ccccc1I)c1ccccc1. The minimum atomic E-state index is -0.0859. The maximum atomic E-state index is 12.5. The number of benzene rings is 2. The maximum absolute atomic E-state index is 12.5. The van der Waals surface area contributed by atoms with E-state index in [1.807, 2.05) is 54.6 Å². The summed E-state index contributed by atoms with van der Waals surface area (Å²) in [7, 11) is 0. The topological polar surface area (TPSA) is 29.1 Å². The zero-order chi connectivity index (χ0) is 14.4. The summed E-state index contributed by atoms with van der Waals surface area (Å²) < 4.78 is 1.06. The molecule has 2 aromatic rings. The van der Waals surface area contributed by atoms with Crippen molar-refractivity contribution < 1.29 is 4.79 Å². The summed E-state index contributed by atoms with van der Waals surface area (Å²) in [5.41, 5.74) is 1.97. The number of para-hydroxylation sites is 1. The second kappa shape index (κ2) is 7.43. The fourth-order valence-electron chi connectivity index (χ4n) is 2.21. The van der Waals surface area contributed by atoms with Crippen LogP contribution in [0.5, 0.6) is 0 Å². The van der Waals surface area contributed by atoms with Crippen LogP contribution in [0.3, 0.4) is 0 Å². The van der Waals surface area contributed by atoms with E-state index in [1.54, 1.807) is 0 Å². The highest BCUT2D eigenvalue weighted by Crippen LogP contribution is 2.24. The summed E-state index contributed by atoms with van der Waals surface area (Å²) in [4.78, 5) is 12.5. The van der Waals surface area contributed by atoms with Crippen molar-refractivity contribution in [1.29, 1.82) is 0 Å². The van der Waals surface area contributed by atoms with Gasteiger partial charge in [-0.05, 0) is 46.7 Å². The lowest BCUT2D eigenvalue weighted by atomic mass is 9.93. The molecular weight excluding hydrogens is 361 g/mol. The largest absolute Gasteiger partial charge is 0.325 e. The van der Waals surface area contributed by atoms with E-state index in [2.05, 4.69) is 34.8 Å². The van der Waals surface area contributed by atoms with Crippen molar-refractivity contribution in [3.8, 4) is 0 Å². The maximum Gasteiger partial charge on any atom is 0.231 e. The van der Waals surface area contributed by atoms with E-state index < -0.39 is 0 Å². The Bertz CT molecular complexity index is 568. The van der Waals surface area contributed by atoms with Gasteiger partial charge in [0.2, 0.25) is 5.91 Å². The van der Waals surface area contributed by atoms with E-state index in [-0.39, 0.29) is 11.8 Å². The number of amides is 1. The van der Waals surface area contributed by atoms with Crippen LogP contribution < -0.4 is 5.32 Å². The third-order valence-electron chi connectivity index (χ3n) is 3.23. The molecule has 2 nitrogen and oxygen atoms in total. The summed E-state index contributed by atoms with van der Waals surface area (Å²) in [6, 6.07) is 17.8. The second-order valence-corrected chi connectivity index (χ2v) is 5.88. The fourth-order valence-corrected chi connectivity index (χ4v) is 2.73. The van der Waals surface area contributed by atoms with Gasteiger partial charge >= 0.3 is 0 Å². The van der Waals surface area contributed by atoms with Crippen LogP contribution in [0.25, 0.3) is 0 Å². The van der Waals surface area contributed by atoms with Crippen molar-refractivity contribution >= 4 is 34.2 Å². The Morgan fingerprint density at radius 2 is 1.75 bits per heavy atom. The molecule has 1 atom stereocenters. The Hall–Kier alpha value is -1.36.